The molecule has 1 fully saturated rings. The van der Waals surface area contributed by atoms with Gasteiger partial charge in [0, 0.05) is 30.2 Å². The van der Waals surface area contributed by atoms with Gasteiger partial charge in [-0.05, 0) is 49.1 Å². The van der Waals surface area contributed by atoms with Gasteiger partial charge in [0.05, 0.1) is 5.75 Å². The highest BCUT2D eigenvalue weighted by Gasteiger charge is 2.18. The number of nitrogens with zero attached hydrogens (tertiary/aromatic N) is 1. The minimum atomic E-state index is 0.0557. The highest BCUT2D eigenvalue weighted by molar-refractivity contribution is 7.99. The summed E-state index contributed by atoms with van der Waals surface area (Å²) in [4.78, 5) is 14.5. The molecule has 0 aromatic heterocycles. The molecule has 2 aromatic carbocycles. The summed E-state index contributed by atoms with van der Waals surface area (Å²) in [7, 11) is 0. The van der Waals surface area contributed by atoms with Gasteiger partial charge in [0.15, 0.2) is 0 Å². The van der Waals surface area contributed by atoms with E-state index >= 15 is 0 Å². The molecular weight excluding hydrogens is 328 g/mol. The molecular formula is C21H26N2OS. The van der Waals surface area contributed by atoms with Gasteiger partial charge < -0.3 is 10.2 Å². The van der Waals surface area contributed by atoms with Crippen molar-refractivity contribution >= 4 is 29.0 Å². The highest BCUT2D eigenvalue weighted by atomic mass is 32.2. The summed E-state index contributed by atoms with van der Waals surface area (Å²) in [6.07, 6.45) is 1.26. The summed E-state index contributed by atoms with van der Waals surface area (Å²) in [5, 5.41) is 2.99. The second-order valence-electron chi connectivity index (χ2n) is 6.92. The predicted octanol–water partition coefficient (Wildman–Crippen LogP) is 4.71. The zero-order valence-electron chi connectivity index (χ0n) is 15.0. The van der Waals surface area contributed by atoms with Crippen molar-refractivity contribution < 1.29 is 4.79 Å². The third-order valence-electron chi connectivity index (χ3n) is 4.52. The number of aryl methyl sites for hydroxylation is 1. The van der Waals surface area contributed by atoms with Gasteiger partial charge in [0.2, 0.25) is 5.91 Å². The highest BCUT2D eigenvalue weighted by Crippen LogP contribution is 2.25. The molecule has 0 radical (unpaired) electrons. The Kier molecular flexibility index (Phi) is 6.03. The van der Waals surface area contributed by atoms with Crippen molar-refractivity contribution in [2.45, 2.75) is 26.0 Å². The lowest BCUT2D eigenvalue weighted by Crippen LogP contribution is -2.19. The fourth-order valence-electron chi connectivity index (χ4n) is 3.19. The minimum absolute atomic E-state index is 0.0557. The van der Waals surface area contributed by atoms with Crippen LogP contribution < -0.4 is 10.2 Å². The molecule has 1 heterocycles. The van der Waals surface area contributed by atoms with Gasteiger partial charge in [-0.2, -0.15) is 0 Å². The second-order valence-corrected chi connectivity index (χ2v) is 7.90. The summed E-state index contributed by atoms with van der Waals surface area (Å²) in [6.45, 7) is 6.64. The largest absolute Gasteiger partial charge is 0.371 e. The number of hydrogen-bond acceptors (Lipinski definition) is 3. The van der Waals surface area contributed by atoms with E-state index in [1.165, 1.54) is 23.2 Å². The summed E-state index contributed by atoms with van der Waals surface area (Å²) >= 11 is 1.65. The van der Waals surface area contributed by atoms with Crippen molar-refractivity contribution in [1.29, 1.82) is 0 Å². The normalized spacial score (nSPS) is 16.9. The lowest BCUT2D eigenvalue weighted by molar-refractivity contribution is -0.113. The fourth-order valence-corrected chi connectivity index (χ4v) is 3.96. The maximum Gasteiger partial charge on any atom is 0.234 e. The topological polar surface area (TPSA) is 32.3 Å². The van der Waals surface area contributed by atoms with Crippen LogP contribution in [-0.2, 0) is 10.5 Å². The number of benzene rings is 2. The van der Waals surface area contributed by atoms with Crippen LogP contribution in [-0.4, -0.2) is 24.7 Å². The molecule has 1 amide bonds. The third-order valence-corrected chi connectivity index (χ3v) is 5.53. The number of carbonyl (C=O) groups is 1. The van der Waals surface area contributed by atoms with Crippen molar-refractivity contribution in [3.63, 3.8) is 0 Å². The van der Waals surface area contributed by atoms with Crippen LogP contribution in [0.1, 0.15) is 24.5 Å². The Morgan fingerprint density at radius 1 is 1.24 bits per heavy atom. The molecule has 0 aliphatic carbocycles. The van der Waals surface area contributed by atoms with Crippen molar-refractivity contribution in [2.24, 2.45) is 5.92 Å². The first-order valence-corrected chi connectivity index (χ1v) is 10.0. The molecule has 132 valence electrons. The molecule has 1 aliphatic rings. The van der Waals surface area contributed by atoms with Crippen LogP contribution in [0.3, 0.4) is 0 Å². The summed E-state index contributed by atoms with van der Waals surface area (Å²) in [6, 6.07) is 16.6. The van der Waals surface area contributed by atoms with Gasteiger partial charge in [-0.1, -0.05) is 36.8 Å². The Morgan fingerprint density at radius 2 is 2.04 bits per heavy atom. The monoisotopic (exact) mass is 354 g/mol. The number of thioether (sulfide) groups is 1. The SMILES string of the molecule is Cc1cccc(CSCC(=O)Nc2ccc(N3CCC(C)C3)cc2)c1. The van der Waals surface area contributed by atoms with Crippen molar-refractivity contribution in [1.82, 2.24) is 0 Å². The molecule has 1 saturated heterocycles. The quantitative estimate of drug-likeness (QED) is 0.815. The third kappa shape index (κ3) is 5.27. The van der Waals surface area contributed by atoms with Crippen LogP contribution in [0.4, 0.5) is 11.4 Å². The molecule has 25 heavy (non-hydrogen) atoms. The van der Waals surface area contributed by atoms with Gasteiger partial charge >= 0.3 is 0 Å². The van der Waals surface area contributed by atoms with Crippen molar-refractivity contribution in [3.05, 3.63) is 59.7 Å². The molecule has 1 unspecified atom stereocenters. The Bertz CT molecular complexity index is 714. The predicted molar refractivity (Wildman–Crippen MR) is 108 cm³/mol. The van der Waals surface area contributed by atoms with E-state index in [1.807, 2.05) is 12.1 Å². The second kappa shape index (κ2) is 8.43. The number of anilines is 2. The molecule has 0 saturated carbocycles. The van der Waals surface area contributed by atoms with E-state index in [4.69, 9.17) is 0 Å². The van der Waals surface area contributed by atoms with Crippen LogP contribution in [0.5, 0.6) is 0 Å². The number of carbonyl (C=O) groups excluding carboxylic acids is 1. The molecule has 4 heteroatoms. The molecule has 2 aromatic rings. The standard InChI is InChI=1S/C21H26N2OS/c1-16-4-3-5-18(12-16)14-25-15-21(24)22-19-6-8-20(9-7-19)23-11-10-17(2)13-23/h3-9,12,17H,10-11,13-15H2,1-2H3,(H,22,24). The zero-order chi connectivity index (χ0) is 17.6. The van der Waals surface area contributed by atoms with Gasteiger partial charge in [0.25, 0.3) is 0 Å². The molecule has 0 bridgehead atoms. The van der Waals surface area contributed by atoms with Gasteiger partial charge in [0.1, 0.15) is 0 Å². The summed E-state index contributed by atoms with van der Waals surface area (Å²) in [5.74, 6) is 2.16. The van der Waals surface area contributed by atoms with Crippen LogP contribution >= 0.6 is 11.8 Å². The first kappa shape index (κ1) is 17.9. The molecule has 1 atom stereocenters. The van der Waals surface area contributed by atoms with E-state index in [0.717, 1.165) is 30.4 Å². The van der Waals surface area contributed by atoms with Crippen molar-refractivity contribution in [2.75, 3.05) is 29.1 Å². The smallest absolute Gasteiger partial charge is 0.234 e. The molecule has 0 spiro atoms. The fraction of sp³-hybridized carbons (Fsp3) is 0.381. The van der Waals surface area contributed by atoms with E-state index in [-0.39, 0.29) is 5.91 Å². The average molecular weight is 355 g/mol. The lowest BCUT2D eigenvalue weighted by Gasteiger charge is -2.18. The maximum atomic E-state index is 12.1. The molecule has 3 rings (SSSR count). The van der Waals surface area contributed by atoms with Crippen LogP contribution in [0.2, 0.25) is 0 Å². The molecule has 1 aliphatic heterocycles. The maximum absolute atomic E-state index is 12.1. The van der Waals surface area contributed by atoms with Gasteiger partial charge in [-0.15, -0.1) is 11.8 Å². The minimum Gasteiger partial charge on any atom is -0.371 e. The lowest BCUT2D eigenvalue weighted by atomic mass is 10.2. The van der Waals surface area contributed by atoms with Crippen molar-refractivity contribution in [3.8, 4) is 0 Å². The number of hydrogen-bond donors (Lipinski definition) is 1. The number of rotatable bonds is 6. The summed E-state index contributed by atoms with van der Waals surface area (Å²) in [5.41, 5.74) is 4.64. The van der Waals surface area contributed by atoms with Crippen LogP contribution in [0, 0.1) is 12.8 Å². The van der Waals surface area contributed by atoms with E-state index in [2.05, 4.69) is 60.5 Å². The van der Waals surface area contributed by atoms with Gasteiger partial charge in [-0.3, -0.25) is 4.79 Å². The Morgan fingerprint density at radius 3 is 2.72 bits per heavy atom. The first-order valence-electron chi connectivity index (χ1n) is 8.88. The van der Waals surface area contributed by atoms with Crippen LogP contribution in [0.15, 0.2) is 48.5 Å². The Balaban J connectivity index is 1.44. The van der Waals surface area contributed by atoms with Crippen LogP contribution in [0.25, 0.3) is 0 Å². The average Bonchev–Trinajstić information content (AvgIpc) is 3.02. The van der Waals surface area contributed by atoms with E-state index < -0.39 is 0 Å². The Labute approximate surface area is 154 Å². The zero-order valence-corrected chi connectivity index (χ0v) is 15.8. The van der Waals surface area contributed by atoms with E-state index in [1.54, 1.807) is 11.8 Å². The van der Waals surface area contributed by atoms with Gasteiger partial charge in [-0.25, -0.2) is 0 Å². The first-order chi connectivity index (χ1) is 12.1. The number of nitrogens with one attached hydrogen (secondary N) is 1. The summed E-state index contributed by atoms with van der Waals surface area (Å²) < 4.78 is 0. The Hall–Kier alpha value is -1.94. The number of amides is 1. The van der Waals surface area contributed by atoms with E-state index in [9.17, 15) is 4.79 Å². The molecule has 1 N–H and O–H groups in total. The molecule has 3 nitrogen and oxygen atoms in total. The van der Waals surface area contributed by atoms with E-state index in [0.29, 0.717) is 5.75 Å².